The zero-order chi connectivity index (χ0) is 15.5. The molecular formula is C15H17ClF3NS. The fourth-order valence-corrected chi connectivity index (χ4v) is 3.80. The third-order valence-electron chi connectivity index (χ3n) is 3.44. The van der Waals surface area contributed by atoms with Crippen molar-refractivity contribution in [2.45, 2.75) is 43.7 Å². The van der Waals surface area contributed by atoms with Gasteiger partial charge in [0.25, 0.3) is 0 Å². The summed E-state index contributed by atoms with van der Waals surface area (Å²) in [5.41, 5.74) is 0.105. The summed E-state index contributed by atoms with van der Waals surface area (Å²) < 4.78 is 37.7. The molecule has 0 aliphatic carbocycles. The van der Waals surface area contributed by atoms with Gasteiger partial charge in [0, 0.05) is 16.7 Å². The van der Waals surface area contributed by atoms with Crippen LogP contribution in [0.2, 0.25) is 0 Å². The highest BCUT2D eigenvalue weighted by atomic mass is 35.5. The predicted molar refractivity (Wildman–Crippen MR) is 83.4 cm³/mol. The zero-order valence-electron chi connectivity index (χ0n) is 11.7. The number of alkyl halides is 4. The van der Waals surface area contributed by atoms with Gasteiger partial charge in [0.2, 0.25) is 0 Å². The lowest BCUT2D eigenvalue weighted by atomic mass is 10.1. The molecule has 0 fully saturated rings. The van der Waals surface area contributed by atoms with E-state index in [1.54, 1.807) is 11.8 Å². The highest BCUT2D eigenvalue weighted by Gasteiger charge is 2.32. The van der Waals surface area contributed by atoms with Crippen molar-refractivity contribution in [3.63, 3.8) is 0 Å². The van der Waals surface area contributed by atoms with Crippen LogP contribution in [0.1, 0.15) is 37.3 Å². The quantitative estimate of drug-likeness (QED) is 0.659. The fourth-order valence-electron chi connectivity index (χ4n) is 2.23. The summed E-state index contributed by atoms with van der Waals surface area (Å²) in [7, 11) is 0. The van der Waals surface area contributed by atoms with E-state index in [0.29, 0.717) is 5.88 Å². The van der Waals surface area contributed by atoms with Crippen LogP contribution in [0.15, 0.2) is 29.3 Å². The van der Waals surface area contributed by atoms with Gasteiger partial charge in [-0.15, -0.1) is 11.6 Å². The van der Waals surface area contributed by atoms with E-state index in [1.807, 2.05) is 0 Å². The van der Waals surface area contributed by atoms with Gasteiger partial charge in [-0.3, -0.25) is 4.99 Å². The van der Waals surface area contributed by atoms with E-state index in [-0.39, 0.29) is 11.3 Å². The predicted octanol–water partition coefficient (Wildman–Crippen LogP) is 5.37. The van der Waals surface area contributed by atoms with Gasteiger partial charge >= 0.3 is 6.18 Å². The van der Waals surface area contributed by atoms with E-state index in [4.69, 9.17) is 11.6 Å². The van der Waals surface area contributed by atoms with E-state index in [0.717, 1.165) is 42.0 Å². The number of benzene rings is 1. The lowest BCUT2D eigenvalue weighted by molar-refractivity contribution is -0.137. The highest BCUT2D eigenvalue weighted by molar-refractivity contribution is 8.15. The Kier molecular flexibility index (Phi) is 5.60. The van der Waals surface area contributed by atoms with Crippen molar-refractivity contribution in [1.29, 1.82) is 0 Å². The Morgan fingerprint density at radius 3 is 2.43 bits per heavy atom. The molecule has 0 aromatic heterocycles. The van der Waals surface area contributed by atoms with Gasteiger partial charge in [0.15, 0.2) is 0 Å². The van der Waals surface area contributed by atoms with E-state index >= 15 is 0 Å². The van der Waals surface area contributed by atoms with Crippen molar-refractivity contribution in [3.8, 4) is 0 Å². The molecule has 0 N–H and O–H groups in total. The Morgan fingerprint density at radius 1 is 1.24 bits per heavy atom. The molecular weight excluding hydrogens is 319 g/mol. The maximum atomic E-state index is 12.6. The SMILES string of the molecule is CCCCC1N=C(c2ccc(C(F)(F)F)cc2)SC1CCl. The first-order valence-corrected chi connectivity index (χ1v) is 8.35. The first-order valence-electron chi connectivity index (χ1n) is 6.93. The minimum Gasteiger partial charge on any atom is -0.273 e. The van der Waals surface area contributed by atoms with Crippen molar-refractivity contribution < 1.29 is 13.2 Å². The summed E-state index contributed by atoms with van der Waals surface area (Å²) in [4.78, 5) is 4.65. The molecule has 1 aromatic rings. The monoisotopic (exact) mass is 335 g/mol. The van der Waals surface area contributed by atoms with Gasteiger partial charge in [-0.25, -0.2) is 0 Å². The molecule has 0 bridgehead atoms. The number of aliphatic imine (C=N–C) groups is 1. The summed E-state index contributed by atoms with van der Waals surface area (Å²) in [5, 5.41) is 1.02. The number of unbranched alkanes of at least 4 members (excludes halogenated alkanes) is 1. The largest absolute Gasteiger partial charge is 0.416 e. The molecule has 116 valence electrons. The highest BCUT2D eigenvalue weighted by Crippen LogP contribution is 2.35. The summed E-state index contributed by atoms with van der Waals surface area (Å²) in [6.07, 6.45) is -1.14. The van der Waals surface area contributed by atoms with Crippen molar-refractivity contribution in [2.24, 2.45) is 4.99 Å². The van der Waals surface area contributed by atoms with Crippen molar-refractivity contribution in [1.82, 2.24) is 0 Å². The number of thioether (sulfide) groups is 1. The number of hydrogen-bond acceptors (Lipinski definition) is 2. The average molecular weight is 336 g/mol. The number of nitrogens with zero attached hydrogens (tertiary/aromatic N) is 1. The minimum atomic E-state index is -4.30. The van der Waals surface area contributed by atoms with Gasteiger partial charge in [-0.05, 0) is 18.6 Å². The third kappa shape index (κ3) is 4.16. The van der Waals surface area contributed by atoms with Crippen LogP contribution >= 0.6 is 23.4 Å². The Balaban J connectivity index is 2.14. The Bertz CT molecular complexity index is 499. The lowest BCUT2D eigenvalue weighted by Crippen LogP contribution is -2.18. The van der Waals surface area contributed by atoms with Crippen LogP contribution in [0, 0.1) is 0 Å². The van der Waals surface area contributed by atoms with Crippen molar-refractivity contribution in [3.05, 3.63) is 35.4 Å². The zero-order valence-corrected chi connectivity index (χ0v) is 13.2. The smallest absolute Gasteiger partial charge is 0.273 e. The Hall–Kier alpha value is -0.680. The molecule has 0 radical (unpaired) electrons. The molecule has 0 saturated carbocycles. The first kappa shape index (κ1) is 16.7. The van der Waals surface area contributed by atoms with Crippen LogP contribution < -0.4 is 0 Å². The normalized spacial score (nSPS) is 22.4. The second-order valence-corrected chi connectivity index (χ2v) is 6.57. The van der Waals surface area contributed by atoms with Gasteiger partial charge in [-0.2, -0.15) is 13.2 Å². The molecule has 0 saturated heterocycles. The second-order valence-electron chi connectivity index (χ2n) is 5.03. The average Bonchev–Trinajstić information content (AvgIpc) is 2.87. The molecule has 0 amide bonds. The maximum absolute atomic E-state index is 12.6. The molecule has 1 aliphatic rings. The third-order valence-corrected chi connectivity index (χ3v) is 5.30. The summed E-state index contributed by atoms with van der Waals surface area (Å²) >= 11 is 7.55. The molecule has 1 aliphatic heterocycles. The van der Waals surface area contributed by atoms with E-state index in [1.165, 1.54) is 12.1 Å². The second kappa shape index (κ2) is 7.05. The first-order chi connectivity index (χ1) is 9.95. The summed E-state index contributed by atoms with van der Waals surface area (Å²) in [6.45, 7) is 2.12. The molecule has 1 aromatic carbocycles. The lowest BCUT2D eigenvalue weighted by Gasteiger charge is -2.13. The van der Waals surface area contributed by atoms with Crippen molar-refractivity contribution in [2.75, 3.05) is 5.88 Å². The molecule has 2 atom stereocenters. The maximum Gasteiger partial charge on any atom is 0.416 e. The van der Waals surface area contributed by atoms with Crippen LogP contribution in [0.5, 0.6) is 0 Å². The number of hydrogen-bond donors (Lipinski definition) is 0. The molecule has 6 heteroatoms. The minimum absolute atomic E-state index is 0.171. The van der Waals surface area contributed by atoms with Gasteiger partial charge in [0.1, 0.15) is 0 Å². The van der Waals surface area contributed by atoms with E-state index in [9.17, 15) is 13.2 Å². The van der Waals surface area contributed by atoms with Crippen LogP contribution in [0.25, 0.3) is 0 Å². The van der Waals surface area contributed by atoms with Crippen LogP contribution in [-0.2, 0) is 6.18 Å². The van der Waals surface area contributed by atoms with Gasteiger partial charge in [-0.1, -0.05) is 43.7 Å². The fraction of sp³-hybridized carbons (Fsp3) is 0.533. The van der Waals surface area contributed by atoms with Gasteiger partial charge < -0.3 is 0 Å². The summed E-state index contributed by atoms with van der Waals surface area (Å²) in [5.74, 6) is 0.507. The molecule has 1 nitrogen and oxygen atoms in total. The Labute approximate surface area is 132 Å². The topological polar surface area (TPSA) is 12.4 Å². The van der Waals surface area contributed by atoms with Gasteiger partial charge in [0.05, 0.1) is 16.6 Å². The number of halogens is 4. The van der Waals surface area contributed by atoms with Crippen molar-refractivity contribution >= 4 is 28.4 Å². The van der Waals surface area contributed by atoms with E-state index < -0.39 is 11.7 Å². The standard InChI is InChI=1S/C15H17ClF3NS/c1-2-3-4-12-13(9-16)21-14(20-12)10-5-7-11(8-6-10)15(17,18)19/h5-8,12-13H,2-4,9H2,1H3. The Morgan fingerprint density at radius 2 is 1.90 bits per heavy atom. The van der Waals surface area contributed by atoms with Crippen LogP contribution in [0.3, 0.4) is 0 Å². The molecule has 0 spiro atoms. The van der Waals surface area contributed by atoms with E-state index in [2.05, 4.69) is 11.9 Å². The molecule has 2 unspecified atom stereocenters. The summed E-state index contributed by atoms with van der Waals surface area (Å²) in [6, 6.07) is 5.36. The number of rotatable bonds is 5. The van der Waals surface area contributed by atoms with Crippen LogP contribution in [-0.4, -0.2) is 22.2 Å². The molecule has 1 heterocycles. The van der Waals surface area contributed by atoms with Crippen LogP contribution in [0.4, 0.5) is 13.2 Å². The molecule has 2 rings (SSSR count). The molecule has 21 heavy (non-hydrogen) atoms.